The van der Waals surface area contributed by atoms with E-state index in [-0.39, 0.29) is 5.75 Å². The van der Waals surface area contributed by atoms with Gasteiger partial charge < -0.3 is 14.6 Å². The minimum atomic E-state index is -0.427. The number of hydrogen-bond acceptors (Lipinski definition) is 5. The fraction of sp³-hybridized carbons (Fsp3) is 0.125. The largest absolute Gasteiger partial charge is 0.504 e. The van der Waals surface area contributed by atoms with E-state index in [2.05, 4.69) is 25.7 Å². The van der Waals surface area contributed by atoms with E-state index in [1.807, 2.05) is 0 Å². The van der Waals surface area contributed by atoms with Gasteiger partial charge in [-0.2, -0.15) is 0 Å². The SMILES string of the molecule is COC(=O)c1cccc(N=Cc2cc(Br)cc(OC)c2O)c1. The van der Waals surface area contributed by atoms with Crippen LogP contribution in [0.15, 0.2) is 45.9 Å². The van der Waals surface area contributed by atoms with Crippen molar-refractivity contribution in [2.24, 2.45) is 4.99 Å². The second-order valence-electron chi connectivity index (χ2n) is 4.35. The van der Waals surface area contributed by atoms with E-state index in [0.29, 0.717) is 22.6 Å². The Morgan fingerprint density at radius 3 is 2.73 bits per heavy atom. The lowest BCUT2D eigenvalue weighted by atomic mass is 10.2. The number of hydrogen-bond donors (Lipinski definition) is 1. The van der Waals surface area contributed by atoms with Gasteiger partial charge in [0.1, 0.15) is 0 Å². The van der Waals surface area contributed by atoms with Crippen LogP contribution in [0.25, 0.3) is 0 Å². The topological polar surface area (TPSA) is 68.1 Å². The summed E-state index contributed by atoms with van der Waals surface area (Å²) in [6.07, 6.45) is 1.50. The van der Waals surface area contributed by atoms with Crippen LogP contribution in [-0.4, -0.2) is 31.5 Å². The Balaban J connectivity index is 2.33. The lowest BCUT2D eigenvalue weighted by molar-refractivity contribution is 0.0601. The molecule has 0 aliphatic carbocycles. The van der Waals surface area contributed by atoms with E-state index in [9.17, 15) is 9.90 Å². The Bertz CT molecular complexity index is 728. The van der Waals surface area contributed by atoms with Gasteiger partial charge in [0.2, 0.25) is 0 Å². The minimum absolute atomic E-state index is 0.00132. The summed E-state index contributed by atoms with van der Waals surface area (Å²) in [7, 11) is 2.80. The third-order valence-corrected chi connectivity index (χ3v) is 3.37. The number of rotatable bonds is 4. The molecule has 2 aromatic carbocycles. The molecule has 1 N–H and O–H groups in total. The summed E-state index contributed by atoms with van der Waals surface area (Å²) < 4.78 is 10.5. The quantitative estimate of drug-likeness (QED) is 0.664. The van der Waals surface area contributed by atoms with E-state index in [1.54, 1.807) is 36.4 Å². The molecule has 0 fully saturated rings. The molecule has 0 aliphatic heterocycles. The summed E-state index contributed by atoms with van der Waals surface area (Å²) in [5, 5.41) is 10.1. The van der Waals surface area contributed by atoms with E-state index < -0.39 is 5.97 Å². The molecular weight excluding hydrogens is 350 g/mol. The molecule has 0 unspecified atom stereocenters. The van der Waals surface area contributed by atoms with Gasteiger partial charge >= 0.3 is 5.97 Å². The first kappa shape index (κ1) is 16.0. The fourth-order valence-electron chi connectivity index (χ4n) is 1.82. The summed E-state index contributed by atoms with van der Waals surface area (Å²) in [5.74, 6) is -0.0817. The highest BCUT2D eigenvalue weighted by atomic mass is 79.9. The molecule has 0 aliphatic rings. The molecule has 0 atom stereocenters. The summed E-state index contributed by atoms with van der Waals surface area (Å²) >= 11 is 3.34. The number of aromatic hydroxyl groups is 1. The highest BCUT2D eigenvalue weighted by molar-refractivity contribution is 9.10. The van der Waals surface area contributed by atoms with Crippen molar-refractivity contribution in [1.82, 2.24) is 0 Å². The summed E-state index contributed by atoms with van der Waals surface area (Å²) in [6, 6.07) is 10.1. The van der Waals surface area contributed by atoms with Gasteiger partial charge in [0.05, 0.1) is 25.5 Å². The number of nitrogens with zero attached hydrogens (tertiary/aromatic N) is 1. The Labute approximate surface area is 136 Å². The predicted octanol–water partition coefficient (Wildman–Crippen LogP) is 3.70. The van der Waals surface area contributed by atoms with E-state index in [4.69, 9.17) is 4.74 Å². The Hall–Kier alpha value is -2.34. The molecule has 0 saturated carbocycles. The lowest BCUT2D eigenvalue weighted by Gasteiger charge is -2.06. The molecule has 0 saturated heterocycles. The molecule has 2 rings (SSSR count). The molecular formula is C16H14BrNO4. The summed E-state index contributed by atoms with van der Waals surface area (Å²) in [4.78, 5) is 15.7. The van der Waals surface area contributed by atoms with Crippen LogP contribution >= 0.6 is 15.9 Å². The highest BCUT2D eigenvalue weighted by Gasteiger charge is 2.08. The second kappa shape index (κ2) is 7.09. The predicted molar refractivity (Wildman–Crippen MR) is 87.4 cm³/mol. The maximum absolute atomic E-state index is 11.5. The first-order valence-corrected chi connectivity index (χ1v) is 7.13. The molecule has 0 aromatic heterocycles. The number of aliphatic imine (C=N–C) groups is 1. The molecule has 0 heterocycles. The number of ether oxygens (including phenoxy) is 2. The van der Waals surface area contributed by atoms with Crippen molar-refractivity contribution in [1.29, 1.82) is 0 Å². The first-order valence-electron chi connectivity index (χ1n) is 6.34. The standard InChI is InChI=1S/C16H14BrNO4/c1-21-14-8-12(17)6-11(15(14)19)9-18-13-5-3-4-10(7-13)16(20)22-2/h3-9,19H,1-2H3. The second-order valence-corrected chi connectivity index (χ2v) is 5.26. The number of methoxy groups -OCH3 is 2. The Morgan fingerprint density at radius 2 is 2.05 bits per heavy atom. The zero-order valence-corrected chi connectivity index (χ0v) is 13.6. The van der Waals surface area contributed by atoms with Crippen molar-refractivity contribution in [3.05, 3.63) is 52.0 Å². The number of carbonyl (C=O) groups is 1. The number of carbonyl (C=O) groups excluding carboxylic acids is 1. The molecule has 5 nitrogen and oxygen atoms in total. The van der Waals surface area contributed by atoms with Crippen LogP contribution < -0.4 is 4.74 Å². The van der Waals surface area contributed by atoms with Crippen molar-refractivity contribution in [3.8, 4) is 11.5 Å². The van der Waals surface area contributed by atoms with Crippen molar-refractivity contribution in [3.63, 3.8) is 0 Å². The van der Waals surface area contributed by atoms with Crippen molar-refractivity contribution in [2.45, 2.75) is 0 Å². The summed E-state index contributed by atoms with van der Waals surface area (Å²) in [6.45, 7) is 0. The molecule has 2 aromatic rings. The highest BCUT2D eigenvalue weighted by Crippen LogP contribution is 2.32. The summed E-state index contributed by atoms with van der Waals surface area (Å²) in [5.41, 5.74) is 1.48. The molecule has 0 spiro atoms. The Kier molecular flexibility index (Phi) is 5.16. The number of phenols is 1. The van der Waals surface area contributed by atoms with Crippen LogP contribution in [0.5, 0.6) is 11.5 Å². The van der Waals surface area contributed by atoms with Crippen LogP contribution in [0.3, 0.4) is 0 Å². The maximum atomic E-state index is 11.5. The number of halogens is 1. The lowest BCUT2D eigenvalue weighted by Crippen LogP contribution is -2.00. The van der Waals surface area contributed by atoms with Crippen LogP contribution in [0, 0.1) is 0 Å². The molecule has 22 heavy (non-hydrogen) atoms. The van der Waals surface area contributed by atoms with E-state index >= 15 is 0 Å². The Morgan fingerprint density at radius 1 is 1.27 bits per heavy atom. The smallest absolute Gasteiger partial charge is 0.337 e. The maximum Gasteiger partial charge on any atom is 0.337 e. The third-order valence-electron chi connectivity index (χ3n) is 2.91. The zero-order chi connectivity index (χ0) is 16.1. The number of esters is 1. The van der Waals surface area contributed by atoms with Crippen molar-refractivity contribution in [2.75, 3.05) is 14.2 Å². The first-order chi connectivity index (χ1) is 10.5. The monoisotopic (exact) mass is 363 g/mol. The van der Waals surface area contributed by atoms with Crippen molar-refractivity contribution < 1.29 is 19.4 Å². The minimum Gasteiger partial charge on any atom is -0.504 e. The van der Waals surface area contributed by atoms with E-state index in [0.717, 1.165) is 4.47 Å². The van der Waals surface area contributed by atoms with Gasteiger partial charge in [-0.05, 0) is 30.3 Å². The molecule has 0 bridgehead atoms. The average Bonchev–Trinajstić information content (AvgIpc) is 2.54. The van der Waals surface area contributed by atoms with Crippen molar-refractivity contribution >= 4 is 33.8 Å². The normalized spacial score (nSPS) is 10.7. The third kappa shape index (κ3) is 3.65. The van der Waals surface area contributed by atoms with Gasteiger partial charge in [-0.3, -0.25) is 4.99 Å². The molecule has 114 valence electrons. The van der Waals surface area contributed by atoms with Gasteiger partial charge in [-0.1, -0.05) is 22.0 Å². The zero-order valence-electron chi connectivity index (χ0n) is 12.0. The van der Waals surface area contributed by atoms with Gasteiger partial charge in [-0.25, -0.2) is 4.79 Å². The van der Waals surface area contributed by atoms with E-state index in [1.165, 1.54) is 20.4 Å². The molecule has 0 amide bonds. The number of phenolic OH excluding ortho intramolecular Hbond substituents is 1. The van der Waals surface area contributed by atoms with Gasteiger partial charge in [0.15, 0.2) is 11.5 Å². The van der Waals surface area contributed by atoms with Crippen LogP contribution in [0.4, 0.5) is 5.69 Å². The van der Waals surface area contributed by atoms with Crippen LogP contribution in [0.1, 0.15) is 15.9 Å². The fourth-order valence-corrected chi connectivity index (χ4v) is 2.28. The van der Waals surface area contributed by atoms with Gasteiger partial charge in [0, 0.05) is 16.3 Å². The van der Waals surface area contributed by atoms with Gasteiger partial charge in [0.25, 0.3) is 0 Å². The van der Waals surface area contributed by atoms with Crippen LogP contribution in [0.2, 0.25) is 0 Å². The van der Waals surface area contributed by atoms with Gasteiger partial charge in [-0.15, -0.1) is 0 Å². The molecule has 6 heteroatoms. The average molecular weight is 364 g/mol. The number of benzene rings is 2. The molecule has 0 radical (unpaired) electrons. The van der Waals surface area contributed by atoms with Crippen LogP contribution in [-0.2, 0) is 4.74 Å².